The molecular weight excluding hydrogens is 470 g/mol. The van der Waals surface area contributed by atoms with Crippen LogP contribution in [0.25, 0.3) is 0 Å². The number of rotatable bonds is 11. The molecule has 1 saturated heterocycles. The van der Waals surface area contributed by atoms with Gasteiger partial charge in [-0.15, -0.1) is 0 Å². The van der Waals surface area contributed by atoms with Gasteiger partial charge < -0.3 is 25.6 Å². The zero-order chi connectivity index (χ0) is 25.4. The van der Waals surface area contributed by atoms with Crippen LogP contribution in [0.2, 0.25) is 0 Å². The van der Waals surface area contributed by atoms with Crippen molar-refractivity contribution in [1.29, 1.82) is 0 Å². The molecule has 2 aromatic rings. The summed E-state index contributed by atoms with van der Waals surface area (Å²) in [4.78, 5) is 12.7. The standard InChI is InChI=1S/C25H35N3O6S/c1-18(2)15-28(35(31,32)22-10-8-20(26)9-11-22)16-24(29)23(14-19-6-4-3-5-7-19)27-25(30)34-21-12-13-33-17-21/h3-11,18,21,23-24,29H,12-17,26H2,1-2H3,(H,27,30)/t21?,23-,24+/m0/s1. The summed E-state index contributed by atoms with van der Waals surface area (Å²) in [5.74, 6) is 0.0126. The van der Waals surface area contributed by atoms with Crippen molar-refractivity contribution in [2.24, 2.45) is 5.92 Å². The fourth-order valence-corrected chi connectivity index (χ4v) is 5.52. The first-order valence-corrected chi connectivity index (χ1v) is 13.2. The minimum Gasteiger partial charge on any atom is -0.444 e. The predicted molar refractivity (Wildman–Crippen MR) is 133 cm³/mol. The van der Waals surface area contributed by atoms with Crippen molar-refractivity contribution in [3.05, 3.63) is 60.2 Å². The molecule has 1 aliphatic heterocycles. The summed E-state index contributed by atoms with van der Waals surface area (Å²) in [6, 6.07) is 14.6. The number of carbonyl (C=O) groups excluding carboxylic acids is 1. The largest absolute Gasteiger partial charge is 0.444 e. The second kappa shape index (κ2) is 12.3. The van der Waals surface area contributed by atoms with Crippen LogP contribution >= 0.6 is 0 Å². The van der Waals surface area contributed by atoms with Crippen molar-refractivity contribution in [1.82, 2.24) is 9.62 Å². The van der Waals surface area contributed by atoms with Crippen LogP contribution in [0.5, 0.6) is 0 Å². The minimum absolute atomic E-state index is 0.0126. The Hall–Kier alpha value is -2.66. The molecule has 192 valence electrons. The number of sulfonamides is 1. The first-order valence-electron chi connectivity index (χ1n) is 11.8. The highest BCUT2D eigenvalue weighted by molar-refractivity contribution is 7.89. The van der Waals surface area contributed by atoms with Gasteiger partial charge in [0.15, 0.2) is 0 Å². The zero-order valence-electron chi connectivity index (χ0n) is 20.2. The molecule has 0 saturated carbocycles. The second-order valence-electron chi connectivity index (χ2n) is 9.18. The second-order valence-corrected chi connectivity index (χ2v) is 11.1. The number of nitrogens with zero attached hydrogens (tertiary/aromatic N) is 1. The van der Waals surface area contributed by atoms with Crippen molar-refractivity contribution in [2.75, 3.05) is 32.0 Å². The molecule has 1 heterocycles. The summed E-state index contributed by atoms with van der Waals surface area (Å²) in [5.41, 5.74) is 7.06. The van der Waals surface area contributed by atoms with E-state index in [2.05, 4.69) is 5.32 Å². The number of aliphatic hydroxyl groups is 1. The quantitative estimate of drug-likeness (QED) is 0.400. The number of nitrogens with two attached hydrogens (primary N) is 1. The maximum Gasteiger partial charge on any atom is 0.407 e. The number of nitrogens with one attached hydrogen (secondary N) is 1. The van der Waals surface area contributed by atoms with Crippen LogP contribution in [-0.4, -0.2) is 68.5 Å². The number of carbonyl (C=O) groups is 1. The minimum atomic E-state index is -3.90. The zero-order valence-corrected chi connectivity index (χ0v) is 21.0. The molecule has 9 nitrogen and oxygen atoms in total. The van der Waals surface area contributed by atoms with E-state index in [-0.39, 0.29) is 30.0 Å². The predicted octanol–water partition coefficient (Wildman–Crippen LogP) is 2.40. The molecule has 0 aliphatic carbocycles. The third kappa shape index (κ3) is 7.93. The third-order valence-corrected chi connectivity index (χ3v) is 7.55. The van der Waals surface area contributed by atoms with E-state index in [0.29, 0.717) is 31.7 Å². The molecule has 3 atom stereocenters. The first kappa shape index (κ1) is 26.9. The van der Waals surface area contributed by atoms with E-state index in [9.17, 15) is 18.3 Å². The van der Waals surface area contributed by atoms with E-state index in [1.165, 1.54) is 28.6 Å². The van der Waals surface area contributed by atoms with Crippen molar-refractivity contribution in [2.45, 2.75) is 49.8 Å². The molecule has 3 rings (SSSR count). The van der Waals surface area contributed by atoms with E-state index in [1.807, 2.05) is 44.2 Å². The Morgan fingerprint density at radius 3 is 2.46 bits per heavy atom. The van der Waals surface area contributed by atoms with E-state index in [0.717, 1.165) is 5.56 Å². The maximum absolute atomic E-state index is 13.4. The molecule has 0 spiro atoms. The summed E-state index contributed by atoms with van der Waals surface area (Å²) in [6.07, 6.45) is -1.29. The molecule has 1 unspecified atom stereocenters. The Morgan fingerprint density at radius 1 is 1.17 bits per heavy atom. The van der Waals surface area contributed by atoms with Crippen LogP contribution < -0.4 is 11.1 Å². The van der Waals surface area contributed by atoms with Gasteiger partial charge in [-0.25, -0.2) is 13.2 Å². The highest BCUT2D eigenvalue weighted by atomic mass is 32.2. The molecule has 1 fully saturated rings. The summed E-state index contributed by atoms with van der Waals surface area (Å²) in [7, 11) is -3.90. The molecule has 1 aliphatic rings. The topological polar surface area (TPSA) is 131 Å². The van der Waals surface area contributed by atoms with Gasteiger partial charge in [0.2, 0.25) is 10.0 Å². The van der Waals surface area contributed by atoms with Crippen molar-refractivity contribution in [3.63, 3.8) is 0 Å². The van der Waals surface area contributed by atoms with Gasteiger partial charge in [0.1, 0.15) is 6.10 Å². The van der Waals surface area contributed by atoms with Crippen LogP contribution in [0, 0.1) is 5.92 Å². The Kier molecular flexibility index (Phi) is 9.50. The molecule has 4 N–H and O–H groups in total. The lowest BCUT2D eigenvalue weighted by atomic mass is 10.0. The van der Waals surface area contributed by atoms with E-state index < -0.39 is 28.3 Å². The molecule has 1 amide bonds. The summed E-state index contributed by atoms with van der Waals surface area (Å²) >= 11 is 0. The normalized spacial score (nSPS) is 17.9. The lowest BCUT2D eigenvalue weighted by Gasteiger charge is -2.30. The van der Waals surface area contributed by atoms with Gasteiger partial charge in [-0.05, 0) is 42.2 Å². The van der Waals surface area contributed by atoms with E-state index >= 15 is 0 Å². The lowest BCUT2D eigenvalue weighted by molar-refractivity contribution is 0.0644. The third-order valence-electron chi connectivity index (χ3n) is 5.71. The van der Waals surface area contributed by atoms with Crippen molar-refractivity contribution in [3.8, 4) is 0 Å². The highest BCUT2D eigenvalue weighted by Gasteiger charge is 2.32. The lowest BCUT2D eigenvalue weighted by Crippen LogP contribution is -2.51. The van der Waals surface area contributed by atoms with Gasteiger partial charge in [-0.1, -0.05) is 44.2 Å². The average Bonchev–Trinajstić information content (AvgIpc) is 3.31. The van der Waals surface area contributed by atoms with E-state index in [4.69, 9.17) is 15.2 Å². The summed E-state index contributed by atoms with van der Waals surface area (Å²) < 4.78 is 38.7. The Bertz CT molecular complexity index is 1040. The first-order chi connectivity index (χ1) is 16.6. The number of hydrogen-bond donors (Lipinski definition) is 3. The maximum atomic E-state index is 13.4. The van der Waals surface area contributed by atoms with Crippen LogP contribution in [0.1, 0.15) is 25.8 Å². The molecular formula is C25H35N3O6S. The van der Waals surface area contributed by atoms with Crippen LogP contribution in [-0.2, 0) is 25.9 Å². The molecule has 0 radical (unpaired) electrons. The number of ether oxygens (including phenoxy) is 2. The van der Waals surface area contributed by atoms with Gasteiger partial charge in [0, 0.05) is 25.2 Å². The Morgan fingerprint density at radius 2 is 1.86 bits per heavy atom. The number of nitrogen functional groups attached to an aromatic ring is 1. The van der Waals surface area contributed by atoms with Gasteiger partial charge >= 0.3 is 6.09 Å². The van der Waals surface area contributed by atoms with Crippen LogP contribution in [0.4, 0.5) is 10.5 Å². The van der Waals surface area contributed by atoms with Crippen molar-refractivity contribution < 1.29 is 27.8 Å². The molecule has 35 heavy (non-hydrogen) atoms. The number of aliphatic hydroxyl groups excluding tert-OH is 1. The summed E-state index contributed by atoms with van der Waals surface area (Å²) in [6.45, 7) is 4.67. The van der Waals surface area contributed by atoms with Gasteiger partial charge in [-0.2, -0.15) is 4.31 Å². The van der Waals surface area contributed by atoms with Gasteiger partial charge in [-0.3, -0.25) is 0 Å². The number of hydrogen-bond acceptors (Lipinski definition) is 7. The Labute approximate surface area is 207 Å². The SMILES string of the molecule is CC(C)CN(C[C@@H](O)[C@H](Cc1ccccc1)NC(=O)OC1CCOC1)S(=O)(=O)c1ccc(N)cc1. The molecule has 10 heteroatoms. The number of amides is 1. The summed E-state index contributed by atoms with van der Waals surface area (Å²) in [5, 5.41) is 13.9. The fourth-order valence-electron chi connectivity index (χ4n) is 3.90. The molecule has 2 aromatic carbocycles. The van der Waals surface area contributed by atoms with Crippen molar-refractivity contribution >= 4 is 21.8 Å². The van der Waals surface area contributed by atoms with Crippen LogP contribution in [0.15, 0.2) is 59.5 Å². The average molecular weight is 506 g/mol. The van der Waals surface area contributed by atoms with E-state index in [1.54, 1.807) is 0 Å². The molecule has 0 aromatic heterocycles. The van der Waals surface area contributed by atoms with Gasteiger partial charge in [0.25, 0.3) is 0 Å². The molecule has 0 bridgehead atoms. The number of alkyl carbamates (subject to hydrolysis) is 1. The monoisotopic (exact) mass is 505 g/mol. The fraction of sp³-hybridized carbons (Fsp3) is 0.480. The Balaban J connectivity index is 1.80. The van der Waals surface area contributed by atoms with Gasteiger partial charge in [0.05, 0.1) is 30.3 Å². The smallest absolute Gasteiger partial charge is 0.407 e. The number of benzene rings is 2. The van der Waals surface area contributed by atoms with Crippen LogP contribution in [0.3, 0.4) is 0 Å². The number of anilines is 1. The highest BCUT2D eigenvalue weighted by Crippen LogP contribution is 2.20.